The topological polar surface area (TPSA) is 63.4 Å². The van der Waals surface area contributed by atoms with Gasteiger partial charge < -0.3 is 5.73 Å². The van der Waals surface area contributed by atoms with Crippen LogP contribution in [-0.2, 0) is 10.0 Å². The van der Waals surface area contributed by atoms with E-state index in [2.05, 4.69) is 15.9 Å². The van der Waals surface area contributed by atoms with Crippen LogP contribution in [0, 0.1) is 12.8 Å². The van der Waals surface area contributed by atoms with E-state index in [4.69, 9.17) is 18.0 Å². The summed E-state index contributed by atoms with van der Waals surface area (Å²) in [5.74, 6) is -0.0130. The van der Waals surface area contributed by atoms with E-state index < -0.39 is 10.0 Å². The van der Waals surface area contributed by atoms with Gasteiger partial charge in [0, 0.05) is 23.9 Å². The fourth-order valence-corrected chi connectivity index (χ4v) is 6.32. The minimum absolute atomic E-state index is 0.0130. The number of nitrogens with two attached hydrogens (primary N) is 1. The highest BCUT2D eigenvalue weighted by Crippen LogP contribution is 2.33. The normalized spacial score (nSPS) is 21.5. The van der Waals surface area contributed by atoms with Crippen LogP contribution < -0.4 is 5.73 Å². The molecule has 2 heterocycles. The molecule has 1 saturated heterocycles. The zero-order valence-electron chi connectivity index (χ0n) is 10.4. The van der Waals surface area contributed by atoms with Gasteiger partial charge in [0.2, 0.25) is 10.0 Å². The number of rotatable bonds is 3. The summed E-state index contributed by atoms with van der Waals surface area (Å²) in [4.78, 5) is 1.58. The van der Waals surface area contributed by atoms with Gasteiger partial charge in [-0.05, 0) is 41.8 Å². The molecule has 4 nitrogen and oxygen atoms in total. The number of sulfonamides is 1. The summed E-state index contributed by atoms with van der Waals surface area (Å²) in [6.07, 6.45) is 1.67. The monoisotopic (exact) mass is 382 g/mol. The van der Waals surface area contributed by atoms with E-state index in [1.807, 2.05) is 6.92 Å². The van der Waals surface area contributed by atoms with Crippen LogP contribution in [0.25, 0.3) is 0 Å². The average Bonchev–Trinajstić information content (AvgIpc) is 2.69. The Morgan fingerprint density at radius 3 is 2.84 bits per heavy atom. The van der Waals surface area contributed by atoms with E-state index in [1.165, 1.54) is 15.6 Å². The van der Waals surface area contributed by atoms with Crippen LogP contribution in [0.3, 0.4) is 0 Å². The molecule has 106 valence electrons. The highest BCUT2D eigenvalue weighted by atomic mass is 79.9. The van der Waals surface area contributed by atoms with Crippen molar-refractivity contribution in [2.45, 2.75) is 24.7 Å². The van der Waals surface area contributed by atoms with Crippen LogP contribution in [0.15, 0.2) is 14.7 Å². The molecule has 1 aliphatic rings. The molecule has 0 aromatic carbocycles. The Bertz CT molecular complexity index is 597. The molecule has 0 bridgehead atoms. The number of hydrogen-bond donors (Lipinski definition) is 1. The van der Waals surface area contributed by atoms with Gasteiger partial charge in [-0.25, -0.2) is 8.42 Å². The molecule has 1 atom stereocenters. The van der Waals surface area contributed by atoms with Crippen LogP contribution in [-0.4, -0.2) is 30.8 Å². The third kappa shape index (κ3) is 3.18. The number of nitrogens with zero attached hydrogens (tertiary/aromatic N) is 1. The number of piperidine rings is 1. The van der Waals surface area contributed by atoms with E-state index in [-0.39, 0.29) is 5.92 Å². The van der Waals surface area contributed by atoms with Crippen LogP contribution in [0.2, 0.25) is 0 Å². The summed E-state index contributed by atoms with van der Waals surface area (Å²) in [6, 6.07) is 1.67. The summed E-state index contributed by atoms with van der Waals surface area (Å²) >= 11 is 9.75. The van der Waals surface area contributed by atoms with Crippen molar-refractivity contribution in [1.82, 2.24) is 4.31 Å². The standard InChI is InChI=1S/C11H15BrN2O2S3/c1-7-9(5-10(12)18-7)19(15,16)14-4-2-3-8(6-14)11(13)17/h5,8H,2-4,6H2,1H3,(H2,13,17). The number of hydrogen-bond acceptors (Lipinski definition) is 4. The molecule has 0 spiro atoms. The van der Waals surface area contributed by atoms with Crippen molar-refractivity contribution in [3.63, 3.8) is 0 Å². The highest BCUT2D eigenvalue weighted by molar-refractivity contribution is 9.11. The lowest BCUT2D eigenvalue weighted by molar-refractivity contribution is 0.312. The molecule has 0 saturated carbocycles. The van der Waals surface area contributed by atoms with Crippen molar-refractivity contribution in [1.29, 1.82) is 0 Å². The summed E-state index contributed by atoms with van der Waals surface area (Å²) in [5, 5.41) is 0. The van der Waals surface area contributed by atoms with E-state index >= 15 is 0 Å². The van der Waals surface area contributed by atoms with Crippen LogP contribution >= 0.6 is 39.5 Å². The molecular formula is C11H15BrN2O2S3. The highest BCUT2D eigenvalue weighted by Gasteiger charge is 2.32. The Balaban J connectivity index is 2.29. The predicted octanol–water partition coefficient (Wildman–Crippen LogP) is 2.51. The number of thiophene rings is 1. The van der Waals surface area contributed by atoms with Crippen molar-refractivity contribution in [3.05, 3.63) is 14.7 Å². The lowest BCUT2D eigenvalue weighted by Gasteiger charge is -2.31. The summed E-state index contributed by atoms with van der Waals surface area (Å²) < 4.78 is 27.6. The molecule has 0 amide bonds. The average molecular weight is 383 g/mol. The van der Waals surface area contributed by atoms with Gasteiger partial charge in [-0.15, -0.1) is 11.3 Å². The molecule has 1 aromatic rings. The fourth-order valence-electron chi connectivity index (χ4n) is 2.22. The molecule has 1 fully saturated rings. The predicted molar refractivity (Wildman–Crippen MR) is 85.0 cm³/mol. The first-order valence-corrected chi connectivity index (χ1v) is 9.33. The summed E-state index contributed by atoms with van der Waals surface area (Å²) in [5.41, 5.74) is 5.65. The first-order chi connectivity index (χ1) is 8.82. The van der Waals surface area contributed by atoms with E-state index in [9.17, 15) is 8.42 Å². The Morgan fingerprint density at radius 2 is 2.32 bits per heavy atom. The maximum absolute atomic E-state index is 12.6. The lowest BCUT2D eigenvalue weighted by atomic mass is 10.0. The maximum atomic E-state index is 12.6. The van der Waals surface area contributed by atoms with Crippen molar-refractivity contribution < 1.29 is 8.42 Å². The SMILES string of the molecule is Cc1sc(Br)cc1S(=O)(=O)N1CCCC(C(N)=S)C1. The van der Waals surface area contributed by atoms with Crippen molar-refractivity contribution in [3.8, 4) is 0 Å². The van der Waals surface area contributed by atoms with Crippen molar-refractivity contribution in [2.24, 2.45) is 11.7 Å². The number of halogens is 1. The van der Waals surface area contributed by atoms with Gasteiger partial charge in [-0.2, -0.15) is 4.31 Å². The van der Waals surface area contributed by atoms with Gasteiger partial charge in [0.25, 0.3) is 0 Å². The Hall–Kier alpha value is -0.0200. The zero-order chi connectivity index (χ0) is 14.2. The second kappa shape index (κ2) is 5.77. The van der Waals surface area contributed by atoms with Crippen molar-refractivity contribution >= 4 is 54.5 Å². The zero-order valence-corrected chi connectivity index (χ0v) is 14.5. The Morgan fingerprint density at radius 1 is 1.63 bits per heavy atom. The third-order valence-electron chi connectivity index (χ3n) is 3.25. The Labute approximate surface area is 131 Å². The molecule has 2 N–H and O–H groups in total. The van der Waals surface area contributed by atoms with Gasteiger partial charge in [-0.1, -0.05) is 12.2 Å². The third-order valence-corrected chi connectivity index (χ3v) is 7.25. The molecular weight excluding hydrogens is 368 g/mol. The van der Waals surface area contributed by atoms with Crippen molar-refractivity contribution in [2.75, 3.05) is 13.1 Å². The minimum atomic E-state index is -3.44. The lowest BCUT2D eigenvalue weighted by Crippen LogP contribution is -2.43. The van der Waals surface area contributed by atoms with E-state index in [0.29, 0.717) is 23.0 Å². The molecule has 0 aliphatic carbocycles. The molecule has 1 aliphatic heterocycles. The quantitative estimate of drug-likeness (QED) is 0.815. The molecule has 19 heavy (non-hydrogen) atoms. The first-order valence-electron chi connectivity index (χ1n) is 5.88. The van der Waals surface area contributed by atoms with Gasteiger partial charge in [0.05, 0.1) is 13.7 Å². The molecule has 2 rings (SSSR count). The van der Waals surface area contributed by atoms with Gasteiger partial charge in [0.15, 0.2) is 0 Å². The second-order valence-electron chi connectivity index (χ2n) is 4.58. The minimum Gasteiger partial charge on any atom is -0.393 e. The first kappa shape index (κ1) is 15.4. The number of thiocarbonyl (C=S) groups is 1. The van der Waals surface area contributed by atoms with Gasteiger partial charge in [0.1, 0.15) is 0 Å². The van der Waals surface area contributed by atoms with Gasteiger partial charge >= 0.3 is 0 Å². The largest absolute Gasteiger partial charge is 0.393 e. The van der Waals surface area contributed by atoms with E-state index in [1.54, 1.807) is 6.07 Å². The summed E-state index contributed by atoms with van der Waals surface area (Å²) in [6.45, 7) is 2.75. The Kier molecular flexibility index (Phi) is 4.67. The summed E-state index contributed by atoms with van der Waals surface area (Å²) in [7, 11) is -3.44. The second-order valence-corrected chi connectivity index (χ2v) is 9.59. The fraction of sp³-hybridized carbons (Fsp3) is 0.545. The van der Waals surface area contributed by atoms with Crippen LogP contribution in [0.1, 0.15) is 17.7 Å². The number of aryl methyl sites for hydroxylation is 1. The molecule has 1 aromatic heterocycles. The molecule has 1 unspecified atom stereocenters. The van der Waals surface area contributed by atoms with Crippen LogP contribution in [0.4, 0.5) is 0 Å². The van der Waals surface area contributed by atoms with Gasteiger partial charge in [-0.3, -0.25) is 0 Å². The maximum Gasteiger partial charge on any atom is 0.244 e. The molecule has 0 radical (unpaired) electrons. The van der Waals surface area contributed by atoms with Crippen LogP contribution in [0.5, 0.6) is 0 Å². The van der Waals surface area contributed by atoms with E-state index in [0.717, 1.165) is 21.5 Å². The smallest absolute Gasteiger partial charge is 0.244 e. The molecule has 8 heteroatoms.